The Hall–Kier alpha value is -3.56. The molecule has 30 heavy (non-hydrogen) atoms. The summed E-state index contributed by atoms with van der Waals surface area (Å²) in [4.78, 5) is 28.2. The number of H-pyrrole nitrogens is 1. The molecule has 9 nitrogen and oxygen atoms in total. The van der Waals surface area contributed by atoms with Gasteiger partial charge in [0.1, 0.15) is 0 Å². The van der Waals surface area contributed by atoms with Crippen molar-refractivity contribution in [2.24, 2.45) is 4.99 Å². The molecule has 9 heteroatoms. The van der Waals surface area contributed by atoms with Crippen molar-refractivity contribution >= 4 is 11.4 Å². The van der Waals surface area contributed by atoms with E-state index in [4.69, 9.17) is 9.47 Å². The van der Waals surface area contributed by atoms with E-state index in [0.717, 1.165) is 5.56 Å². The maximum absolute atomic E-state index is 13.3. The Kier molecular flexibility index (Phi) is 6.55. The van der Waals surface area contributed by atoms with Gasteiger partial charge in [-0.3, -0.25) is 25.0 Å². The molecule has 1 N–H and O–H groups in total. The first-order valence-electron chi connectivity index (χ1n) is 9.18. The van der Waals surface area contributed by atoms with Gasteiger partial charge in [-0.15, -0.1) is 0 Å². The Morgan fingerprint density at radius 3 is 2.33 bits per heavy atom. The number of methoxy groups -OCH3 is 2. The minimum atomic E-state index is -0.518. The molecule has 0 unspecified atom stereocenters. The van der Waals surface area contributed by atoms with Crippen LogP contribution >= 0.6 is 0 Å². The second kappa shape index (κ2) is 9.29. The highest BCUT2D eigenvalue weighted by Crippen LogP contribution is 2.22. The molecular weight excluding hydrogens is 388 g/mol. The molecule has 1 heterocycles. The Morgan fingerprint density at radius 2 is 1.77 bits per heavy atom. The number of nitro benzene ring substituents is 1. The van der Waals surface area contributed by atoms with Crippen LogP contribution in [0.4, 0.5) is 5.69 Å². The third-order valence-corrected chi connectivity index (χ3v) is 4.64. The summed E-state index contributed by atoms with van der Waals surface area (Å²) in [6, 6.07) is 15.2. The van der Waals surface area contributed by atoms with E-state index in [1.54, 1.807) is 6.92 Å². The standard InChI is InChI=1S/C21H22N4O5/c1-14(22-13-18(29-2)30-3)19-20(15-7-5-4-6-8-15)23-24(21(19)26)16-9-11-17(12-10-16)25(27)28/h4-12,18,23H,13H2,1-3H3. The molecule has 3 rings (SSSR count). The molecule has 0 fully saturated rings. The Labute approximate surface area is 172 Å². The van der Waals surface area contributed by atoms with Crippen molar-refractivity contribution in [3.63, 3.8) is 0 Å². The van der Waals surface area contributed by atoms with E-state index in [9.17, 15) is 14.9 Å². The van der Waals surface area contributed by atoms with Crippen LogP contribution in [0.25, 0.3) is 16.9 Å². The second-order valence-corrected chi connectivity index (χ2v) is 6.47. The van der Waals surface area contributed by atoms with Gasteiger partial charge in [-0.2, -0.15) is 0 Å². The molecule has 156 valence electrons. The summed E-state index contributed by atoms with van der Waals surface area (Å²) in [5, 5.41) is 14.0. The molecule has 0 amide bonds. The zero-order chi connectivity index (χ0) is 21.7. The number of nitrogens with one attached hydrogen (secondary N) is 1. The minimum Gasteiger partial charge on any atom is -0.354 e. The van der Waals surface area contributed by atoms with E-state index in [0.29, 0.717) is 22.7 Å². The van der Waals surface area contributed by atoms with E-state index in [2.05, 4.69) is 10.1 Å². The zero-order valence-corrected chi connectivity index (χ0v) is 16.9. The lowest BCUT2D eigenvalue weighted by molar-refractivity contribution is -0.384. The van der Waals surface area contributed by atoms with Gasteiger partial charge in [0.25, 0.3) is 11.2 Å². The summed E-state index contributed by atoms with van der Waals surface area (Å²) in [6.07, 6.45) is -0.518. The van der Waals surface area contributed by atoms with Gasteiger partial charge < -0.3 is 9.47 Å². The third-order valence-electron chi connectivity index (χ3n) is 4.64. The zero-order valence-electron chi connectivity index (χ0n) is 16.9. The quantitative estimate of drug-likeness (QED) is 0.265. The molecule has 0 aliphatic heterocycles. The van der Waals surface area contributed by atoms with Crippen molar-refractivity contribution in [3.8, 4) is 16.9 Å². The van der Waals surface area contributed by atoms with Crippen molar-refractivity contribution in [2.75, 3.05) is 20.8 Å². The highest BCUT2D eigenvalue weighted by molar-refractivity contribution is 6.03. The van der Waals surface area contributed by atoms with Crippen molar-refractivity contribution in [3.05, 3.63) is 80.6 Å². The third kappa shape index (κ3) is 4.37. The van der Waals surface area contributed by atoms with Crippen LogP contribution in [0.2, 0.25) is 0 Å². The summed E-state index contributed by atoms with van der Waals surface area (Å²) in [6.45, 7) is 1.98. The molecule has 0 aliphatic rings. The van der Waals surface area contributed by atoms with Crippen LogP contribution < -0.4 is 5.56 Å². The summed E-state index contributed by atoms with van der Waals surface area (Å²) in [5.74, 6) is 0. The first-order valence-corrected chi connectivity index (χ1v) is 9.18. The lowest BCUT2D eigenvalue weighted by Crippen LogP contribution is -2.21. The predicted molar refractivity (Wildman–Crippen MR) is 113 cm³/mol. The molecule has 0 aliphatic carbocycles. The minimum absolute atomic E-state index is 0.0511. The normalized spacial score (nSPS) is 11.8. The van der Waals surface area contributed by atoms with E-state index in [1.165, 1.54) is 43.2 Å². The van der Waals surface area contributed by atoms with Crippen LogP contribution in [0.5, 0.6) is 0 Å². The van der Waals surface area contributed by atoms with E-state index < -0.39 is 11.2 Å². The second-order valence-electron chi connectivity index (χ2n) is 6.47. The molecule has 0 atom stereocenters. The van der Waals surface area contributed by atoms with Gasteiger partial charge >= 0.3 is 0 Å². The number of aliphatic imine (C=N–C) groups is 1. The molecule has 0 radical (unpaired) electrons. The summed E-state index contributed by atoms with van der Waals surface area (Å²) in [7, 11) is 3.04. The predicted octanol–water partition coefficient (Wildman–Crippen LogP) is 3.17. The number of nitro groups is 1. The van der Waals surface area contributed by atoms with Crippen molar-refractivity contribution in [1.29, 1.82) is 0 Å². The topological polar surface area (TPSA) is 112 Å². The van der Waals surface area contributed by atoms with Crippen LogP contribution in [-0.2, 0) is 9.47 Å². The first kappa shape index (κ1) is 21.2. The van der Waals surface area contributed by atoms with Gasteiger partial charge in [0.2, 0.25) is 0 Å². The monoisotopic (exact) mass is 410 g/mol. The Balaban J connectivity index is 2.12. The van der Waals surface area contributed by atoms with Gasteiger partial charge in [0, 0.05) is 37.6 Å². The lowest BCUT2D eigenvalue weighted by atomic mass is 10.1. The number of nitrogens with zero attached hydrogens (tertiary/aromatic N) is 3. The van der Waals surface area contributed by atoms with Gasteiger partial charge in [0.05, 0.1) is 28.4 Å². The van der Waals surface area contributed by atoms with Crippen molar-refractivity contribution < 1.29 is 14.4 Å². The van der Waals surface area contributed by atoms with Crippen molar-refractivity contribution in [2.45, 2.75) is 13.2 Å². The number of hydrogen-bond donors (Lipinski definition) is 1. The van der Waals surface area contributed by atoms with Crippen LogP contribution in [0, 0.1) is 10.1 Å². The highest BCUT2D eigenvalue weighted by Gasteiger charge is 2.20. The van der Waals surface area contributed by atoms with Crippen molar-refractivity contribution in [1.82, 2.24) is 9.78 Å². The molecule has 2 aromatic carbocycles. The lowest BCUT2D eigenvalue weighted by Gasteiger charge is -2.10. The average molecular weight is 410 g/mol. The first-order chi connectivity index (χ1) is 14.5. The number of rotatable bonds is 8. The fourth-order valence-corrected chi connectivity index (χ4v) is 3.03. The maximum Gasteiger partial charge on any atom is 0.280 e. The SMILES string of the molecule is COC(CN=C(C)c1c(-c2ccccc2)[nH]n(-c2ccc([N+](=O)[O-])cc2)c1=O)OC. The summed E-state index contributed by atoms with van der Waals surface area (Å²) in [5.41, 5.74) is 2.47. The molecular formula is C21H22N4O5. The van der Waals surface area contributed by atoms with Gasteiger partial charge in [-0.05, 0) is 19.1 Å². The van der Waals surface area contributed by atoms with Crippen LogP contribution in [-0.4, -0.2) is 47.5 Å². The number of aromatic amines is 1. The number of hydrogen-bond acceptors (Lipinski definition) is 6. The van der Waals surface area contributed by atoms with Crippen LogP contribution in [0.3, 0.4) is 0 Å². The summed E-state index contributed by atoms with van der Waals surface area (Å²) >= 11 is 0. The molecule has 1 aromatic heterocycles. The summed E-state index contributed by atoms with van der Waals surface area (Å²) < 4.78 is 11.7. The number of aromatic nitrogens is 2. The number of benzene rings is 2. The van der Waals surface area contributed by atoms with Gasteiger partial charge in [-0.1, -0.05) is 30.3 Å². The van der Waals surface area contributed by atoms with E-state index in [1.807, 2.05) is 30.3 Å². The van der Waals surface area contributed by atoms with Crippen LogP contribution in [0.1, 0.15) is 12.5 Å². The smallest absolute Gasteiger partial charge is 0.280 e. The molecule has 0 saturated carbocycles. The largest absolute Gasteiger partial charge is 0.354 e. The molecule has 3 aromatic rings. The van der Waals surface area contributed by atoms with Gasteiger partial charge in [-0.25, -0.2) is 4.68 Å². The molecule has 0 spiro atoms. The number of non-ortho nitro benzene ring substituents is 1. The molecule has 0 saturated heterocycles. The Bertz CT molecular complexity index is 1100. The average Bonchev–Trinajstić information content (AvgIpc) is 3.12. The van der Waals surface area contributed by atoms with E-state index >= 15 is 0 Å². The Morgan fingerprint density at radius 1 is 1.13 bits per heavy atom. The fourth-order valence-electron chi connectivity index (χ4n) is 3.03. The van der Waals surface area contributed by atoms with Gasteiger partial charge in [0.15, 0.2) is 6.29 Å². The fraction of sp³-hybridized carbons (Fsp3) is 0.238. The molecule has 0 bridgehead atoms. The van der Waals surface area contributed by atoms with E-state index in [-0.39, 0.29) is 17.8 Å². The maximum atomic E-state index is 13.3. The number of ether oxygens (including phenoxy) is 2. The highest BCUT2D eigenvalue weighted by atomic mass is 16.7. The van der Waals surface area contributed by atoms with Crippen LogP contribution in [0.15, 0.2) is 64.4 Å².